The Hall–Kier alpha value is -2.51. The van der Waals surface area contributed by atoms with Crippen LogP contribution in [-0.4, -0.2) is 53.9 Å². The number of hydrogen-bond acceptors (Lipinski definition) is 7. The second-order valence-electron chi connectivity index (χ2n) is 6.46. The van der Waals surface area contributed by atoms with E-state index in [0.717, 1.165) is 0 Å². The first kappa shape index (κ1) is 20.8. The largest absolute Gasteiger partial charge is 0.458 e. The molecule has 0 bridgehead atoms. The molecule has 7 heteroatoms. The van der Waals surface area contributed by atoms with Gasteiger partial charge in [0.25, 0.3) is 0 Å². The summed E-state index contributed by atoms with van der Waals surface area (Å²) in [7, 11) is 0. The predicted octanol–water partition coefficient (Wildman–Crippen LogP) is 1.16. The number of rotatable bonds is 5. The Kier molecular flexibility index (Phi) is 7.27. The van der Waals surface area contributed by atoms with Crippen molar-refractivity contribution in [1.29, 1.82) is 0 Å². The van der Waals surface area contributed by atoms with Crippen molar-refractivity contribution < 1.29 is 34.1 Å². The van der Waals surface area contributed by atoms with Crippen molar-refractivity contribution in [2.75, 3.05) is 13.2 Å². The highest BCUT2D eigenvalue weighted by atomic mass is 16.6. The fraction of sp³-hybridized carbons (Fsp3) is 0.450. The van der Waals surface area contributed by atoms with Crippen molar-refractivity contribution >= 4 is 18.2 Å². The molecule has 27 heavy (non-hydrogen) atoms. The lowest BCUT2D eigenvalue weighted by Crippen LogP contribution is -2.34. The molecule has 0 spiro atoms. The lowest BCUT2D eigenvalue weighted by molar-refractivity contribution is -0.147. The van der Waals surface area contributed by atoms with Crippen LogP contribution in [0.3, 0.4) is 0 Å². The Morgan fingerprint density at radius 1 is 1.44 bits per heavy atom. The molecule has 1 aliphatic heterocycles. The third-order valence-corrected chi connectivity index (χ3v) is 4.76. The van der Waals surface area contributed by atoms with Gasteiger partial charge in [-0.3, -0.25) is 4.79 Å². The van der Waals surface area contributed by atoms with Crippen LogP contribution in [0, 0.1) is 5.92 Å². The van der Waals surface area contributed by atoms with Gasteiger partial charge in [0.15, 0.2) is 0 Å². The average molecular weight is 376 g/mol. The smallest absolute Gasteiger partial charge is 0.336 e. The summed E-state index contributed by atoms with van der Waals surface area (Å²) in [5.41, 5.74) is 1.29. The highest BCUT2D eigenvalue weighted by molar-refractivity contribution is 5.92. The molecule has 0 aromatic heterocycles. The molecular formula is C20H24O7. The van der Waals surface area contributed by atoms with E-state index in [0.29, 0.717) is 30.3 Å². The second-order valence-corrected chi connectivity index (χ2v) is 6.46. The van der Waals surface area contributed by atoms with Crippen molar-refractivity contribution in [2.24, 2.45) is 5.92 Å². The van der Waals surface area contributed by atoms with Crippen LogP contribution in [0.25, 0.3) is 0 Å². The predicted molar refractivity (Wildman–Crippen MR) is 96.4 cm³/mol. The molecular weight excluding hydrogens is 352 g/mol. The summed E-state index contributed by atoms with van der Waals surface area (Å²) in [6.45, 7) is 4.65. The van der Waals surface area contributed by atoms with E-state index in [4.69, 9.17) is 9.47 Å². The number of allylic oxidation sites excluding steroid dienone is 2. The lowest BCUT2D eigenvalue weighted by Gasteiger charge is -2.27. The standard InChI is InChI=1S/C20H24O7/c1-3-15(11-23)20(25)27-17-8-14(10-22)6-4-5-13(9-21)7-16-18(17)12(2)19(24)26-16/h3,6-7,10,16-18,21,23H,2,4-5,8-9,11H2,1H3/b13-7-,14-6-,15-3-/t16-,17+,18+/m1/s1. The van der Waals surface area contributed by atoms with Gasteiger partial charge in [0.2, 0.25) is 0 Å². The molecule has 7 nitrogen and oxygen atoms in total. The summed E-state index contributed by atoms with van der Waals surface area (Å²) < 4.78 is 10.9. The van der Waals surface area contributed by atoms with Gasteiger partial charge in [0.05, 0.1) is 24.7 Å². The zero-order valence-corrected chi connectivity index (χ0v) is 15.2. The minimum atomic E-state index is -0.881. The van der Waals surface area contributed by atoms with Gasteiger partial charge in [-0.05, 0) is 37.0 Å². The van der Waals surface area contributed by atoms with E-state index < -0.39 is 36.7 Å². The van der Waals surface area contributed by atoms with Crippen LogP contribution in [0.4, 0.5) is 0 Å². The normalized spacial score (nSPS) is 30.3. The van der Waals surface area contributed by atoms with Crippen molar-refractivity contribution in [3.8, 4) is 0 Å². The van der Waals surface area contributed by atoms with Gasteiger partial charge in [-0.2, -0.15) is 0 Å². The molecule has 1 saturated heterocycles. The number of ether oxygens (including phenoxy) is 2. The van der Waals surface area contributed by atoms with Crippen LogP contribution in [0.2, 0.25) is 0 Å². The first-order chi connectivity index (χ1) is 12.9. The zero-order valence-electron chi connectivity index (χ0n) is 15.2. The van der Waals surface area contributed by atoms with E-state index in [1.54, 1.807) is 19.1 Å². The Labute approximate surface area is 157 Å². The average Bonchev–Trinajstić information content (AvgIpc) is 2.93. The molecule has 0 saturated carbocycles. The van der Waals surface area contributed by atoms with E-state index in [1.165, 1.54) is 6.08 Å². The fourth-order valence-electron chi connectivity index (χ4n) is 3.21. The maximum Gasteiger partial charge on any atom is 0.336 e. The third-order valence-electron chi connectivity index (χ3n) is 4.76. The van der Waals surface area contributed by atoms with E-state index in [1.807, 2.05) is 0 Å². The Morgan fingerprint density at radius 2 is 2.19 bits per heavy atom. The maximum atomic E-state index is 12.3. The molecule has 0 aromatic carbocycles. The van der Waals surface area contributed by atoms with Gasteiger partial charge < -0.3 is 19.7 Å². The Morgan fingerprint density at radius 3 is 2.78 bits per heavy atom. The molecule has 2 N–H and O–H groups in total. The van der Waals surface area contributed by atoms with E-state index >= 15 is 0 Å². The lowest BCUT2D eigenvalue weighted by atomic mass is 9.85. The van der Waals surface area contributed by atoms with Crippen molar-refractivity contribution in [3.63, 3.8) is 0 Å². The van der Waals surface area contributed by atoms with Gasteiger partial charge in [-0.1, -0.05) is 18.7 Å². The molecule has 1 heterocycles. The summed E-state index contributed by atoms with van der Waals surface area (Å²) in [5.74, 6) is -2.03. The first-order valence-electron chi connectivity index (χ1n) is 8.76. The van der Waals surface area contributed by atoms with Crippen molar-refractivity contribution in [2.45, 2.75) is 38.4 Å². The SMILES string of the molecule is C=C1C(=O)O[C@@H]2/C=C(\CO)CC/C=C(\C=O)C[C@H](OC(=O)/C(=C\C)CO)[C@@H]12. The molecule has 3 atom stereocenters. The highest BCUT2D eigenvalue weighted by Gasteiger charge is 2.44. The van der Waals surface area contributed by atoms with Crippen LogP contribution < -0.4 is 0 Å². The monoisotopic (exact) mass is 376 g/mol. The maximum absolute atomic E-state index is 12.3. The van der Waals surface area contributed by atoms with Crippen molar-refractivity contribution in [3.05, 3.63) is 47.1 Å². The minimum absolute atomic E-state index is 0.0720. The summed E-state index contributed by atoms with van der Waals surface area (Å²) in [5, 5.41) is 18.8. The molecule has 2 rings (SSSR count). The Bertz CT molecular complexity index is 714. The highest BCUT2D eigenvalue weighted by Crippen LogP contribution is 2.36. The molecule has 0 radical (unpaired) electrons. The summed E-state index contributed by atoms with van der Waals surface area (Å²) >= 11 is 0. The van der Waals surface area contributed by atoms with Crippen LogP contribution in [0.1, 0.15) is 26.2 Å². The summed E-state index contributed by atoms with van der Waals surface area (Å²) in [4.78, 5) is 35.9. The topological polar surface area (TPSA) is 110 Å². The van der Waals surface area contributed by atoms with Crippen LogP contribution >= 0.6 is 0 Å². The molecule has 1 aliphatic carbocycles. The Balaban J connectivity index is 2.44. The van der Waals surface area contributed by atoms with Gasteiger partial charge in [-0.25, -0.2) is 9.59 Å². The van der Waals surface area contributed by atoms with E-state index in [9.17, 15) is 24.6 Å². The number of carbonyl (C=O) groups is 3. The van der Waals surface area contributed by atoms with E-state index in [-0.39, 0.29) is 24.2 Å². The molecule has 1 fully saturated rings. The van der Waals surface area contributed by atoms with Gasteiger partial charge in [-0.15, -0.1) is 0 Å². The van der Waals surface area contributed by atoms with Gasteiger partial charge in [0.1, 0.15) is 18.5 Å². The summed E-state index contributed by atoms with van der Waals surface area (Å²) in [6, 6.07) is 0. The number of aliphatic hydroxyl groups excluding tert-OH is 2. The van der Waals surface area contributed by atoms with Crippen molar-refractivity contribution in [1.82, 2.24) is 0 Å². The zero-order chi connectivity index (χ0) is 20.0. The van der Waals surface area contributed by atoms with Gasteiger partial charge >= 0.3 is 11.9 Å². The first-order valence-corrected chi connectivity index (χ1v) is 8.76. The minimum Gasteiger partial charge on any atom is -0.458 e. The molecule has 0 amide bonds. The van der Waals surface area contributed by atoms with Crippen LogP contribution in [-0.2, 0) is 23.9 Å². The quantitative estimate of drug-likeness (QED) is 0.321. The molecule has 2 aliphatic rings. The number of aliphatic hydroxyl groups is 2. The third kappa shape index (κ3) is 4.81. The van der Waals surface area contributed by atoms with E-state index in [2.05, 4.69) is 6.58 Å². The number of hydrogen-bond donors (Lipinski definition) is 2. The number of fused-ring (bicyclic) bond motifs is 1. The van der Waals surface area contributed by atoms with Crippen LogP contribution in [0.15, 0.2) is 47.1 Å². The summed E-state index contributed by atoms with van der Waals surface area (Å²) in [6.07, 6.45) is 4.99. The fourth-order valence-corrected chi connectivity index (χ4v) is 3.21. The van der Waals surface area contributed by atoms with Crippen LogP contribution in [0.5, 0.6) is 0 Å². The molecule has 146 valence electrons. The molecule has 0 aromatic rings. The molecule has 0 unspecified atom stereocenters. The number of esters is 2. The number of aldehydes is 1. The van der Waals surface area contributed by atoms with Gasteiger partial charge in [0, 0.05) is 12.0 Å². The number of carbonyl (C=O) groups excluding carboxylic acids is 3. The second kappa shape index (κ2) is 9.43.